The van der Waals surface area contributed by atoms with Crippen LogP contribution in [-0.4, -0.2) is 65.7 Å². The molecule has 25 heavy (non-hydrogen) atoms. The molecule has 2 N–H and O–H groups in total. The minimum Gasteiger partial charge on any atom is -0.355 e. The van der Waals surface area contributed by atoms with E-state index < -0.39 is 0 Å². The molecule has 0 bridgehead atoms. The second-order valence-electron chi connectivity index (χ2n) is 7.16. The fraction of sp³-hybridized carbons (Fsp3) is 0.737. The summed E-state index contributed by atoms with van der Waals surface area (Å²) >= 11 is 2.10. The van der Waals surface area contributed by atoms with Crippen LogP contribution in [0.2, 0.25) is 0 Å². The third-order valence-corrected chi connectivity index (χ3v) is 6.55. The fourth-order valence-corrected chi connectivity index (χ4v) is 5.05. The Balaban J connectivity index is 1.51. The molecule has 1 aliphatic carbocycles. The van der Waals surface area contributed by atoms with Gasteiger partial charge in [0.1, 0.15) is 0 Å². The quantitative estimate of drug-likeness (QED) is 0.602. The van der Waals surface area contributed by atoms with Crippen LogP contribution in [0.3, 0.4) is 0 Å². The van der Waals surface area contributed by atoms with Crippen molar-refractivity contribution >= 4 is 17.7 Å². The van der Waals surface area contributed by atoms with E-state index in [4.69, 9.17) is 0 Å². The molecule has 1 aromatic heterocycles. The predicted octanol–water partition coefficient (Wildman–Crippen LogP) is 2.40. The SMILES string of the molecule is CN=C(NCCn1cccc1)NCC1(N2CCSCC2)CCCCC1. The van der Waals surface area contributed by atoms with E-state index in [2.05, 4.69) is 61.4 Å². The number of nitrogens with one attached hydrogen (secondary N) is 2. The lowest BCUT2D eigenvalue weighted by Gasteiger charge is -2.48. The summed E-state index contributed by atoms with van der Waals surface area (Å²) in [5, 5.41) is 7.10. The first-order chi connectivity index (χ1) is 12.3. The van der Waals surface area contributed by atoms with Gasteiger partial charge in [0.15, 0.2) is 5.96 Å². The van der Waals surface area contributed by atoms with Gasteiger partial charge in [-0.3, -0.25) is 9.89 Å². The van der Waals surface area contributed by atoms with Crippen LogP contribution in [0.5, 0.6) is 0 Å². The Morgan fingerprint density at radius 1 is 1.08 bits per heavy atom. The average Bonchev–Trinajstić information content (AvgIpc) is 3.19. The molecule has 2 fully saturated rings. The van der Waals surface area contributed by atoms with E-state index in [0.717, 1.165) is 25.6 Å². The Kier molecular flexibility index (Phi) is 7.11. The standard InChI is InChI=1S/C19H33N5S/c1-20-18(21-9-12-23-10-5-6-11-23)22-17-19(7-3-2-4-8-19)24-13-15-25-16-14-24/h5-6,10-11H,2-4,7-9,12-17H2,1H3,(H2,20,21,22). The third kappa shape index (κ3) is 5.17. The maximum atomic E-state index is 4.43. The zero-order chi connectivity index (χ0) is 17.4. The van der Waals surface area contributed by atoms with Gasteiger partial charge in [0.05, 0.1) is 0 Å². The Morgan fingerprint density at radius 3 is 2.48 bits per heavy atom. The topological polar surface area (TPSA) is 44.6 Å². The number of rotatable bonds is 6. The molecular formula is C19H33N5S. The van der Waals surface area contributed by atoms with Crippen molar-refractivity contribution in [1.82, 2.24) is 20.1 Å². The molecule has 3 rings (SSSR count). The van der Waals surface area contributed by atoms with E-state index in [1.54, 1.807) is 0 Å². The highest BCUT2D eigenvalue weighted by atomic mass is 32.2. The molecule has 6 heteroatoms. The van der Waals surface area contributed by atoms with Gasteiger partial charge < -0.3 is 15.2 Å². The van der Waals surface area contributed by atoms with Crippen LogP contribution < -0.4 is 10.6 Å². The Bertz CT molecular complexity index is 516. The molecule has 1 aromatic rings. The van der Waals surface area contributed by atoms with Gasteiger partial charge in [0, 0.05) is 69.2 Å². The average molecular weight is 364 g/mol. The molecule has 5 nitrogen and oxygen atoms in total. The number of guanidine groups is 1. The molecular weight excluding hydrogens is 330 g/mol. The first-order valence-corrected chi connectivity index (χ1v) is 10.9. The van der Waals surface area contributed by atoms with Gasteiger partial charge in [0.2, 0.25) is 0 Å². The van der Waals surface area contributed by atoms with Crippen LogP contribution in [0, 0.1) is 0 Å². The largest absolute Gasteiger partial charge is 0.355 e. The summed E-state index contributed by atoms with van der Waals surface area (Å²) in [6.07, 6.45) is 11.0. The van der Waals surface area contributed by atoms with Gasteiger partial charge in [-0.2, -0.15) is 11.8 Å². The maximum absolute atomic E-state index is 4.43. The molecule has 0 spiro atoms. The number of hydrogen-bond acceptors (Lipinski definition) is 3. The number of thioether (sulfide) groups is 1. The van der Waals surface area contributed by atoms with Gasteiger partial charge in [-0.15, -0.1) is 0 Å². The number of hydrogen-bond donors (Lipinski definition) is 2. The van der Waals surface area contributed by atoms with Crippen molar-refractivity contribution in [1.29, 1.82) is 0 Å². The van der Waals surface area contributed by atoms with Crippen LogP contribution >= 0.6 is 11.8 Å². The highest BCUT2D eigenvalue weighted by Crippen LogP contribution is 2.34. The van der Waals surface area contributed by atoms with E-state index in [1.807, 2.05) is 7.05 Å². The van der Waals surface area contributed by atoms with Crippen molar-refractivity contribution in [3.8, 4) is 0 Å². The minimum atomic E-state index is 0.331. The van der Waals surface area contributed by atoms with Crippen LogP contribution in [0.25, 0.3) is 0 Å². The predicted molar refractivity (Wildman–Crippen MR) is 109 cm³/mol. The second-order valence-corrected chi connectivity index (χ2v) is 8.38. The highest BCUT2D eigenvalue weighted by molar-refractivity contribution is 7.99. The first kappa shape index (κ1) is 18.6. The molecule has 2 heterocycles. The fourth-order valence-electron chi connectivity index (χ4n) is 4.14. The highest BCUT2D eigenvalue weighted by Gasteiger charge is 2.38. The molecule has 0 amide bonds. The lowest BCUT2D eigenvalue weighted by Crippen LogP contribution is -2.59. The molecule has 1 saturated carbocycles. The summed E-state index contributed by atoms with van der Waals surface area (Å²) < 4.78 is 2.19. The summed E-state index contributed by atoms with van der Waals surface area (Å²) in [4.78, 5) is 7.20. The molecule has 2 aliphatic rings. The maximum Gasteiger partial charge on any atom is 0.191 e. The smallest absolute Gasteiger partial charge is 0.191 e. The first-order valence-electron chi connectivity index (χ1n) is 9.70. The minimum absolute atomic E-state index is 0.331. The lowest BCUT2D eigenvalue weighted by molar-refractivity contribution is 0.0626. The van der Waals surface area contributed by atoms with Crippen molar-refractivity contribution in [3.05, 3.63) is 24.5 Å². The van der Waals surface area contributed by atoms with Gasteiger partial charge in [-0.1, -0.05) is 19.3 Å². The summed E-state index contributed by atoms with van der Waals surface area (Å²) in [6.45, 7) is 5.35. The third-order valence-electron chi connectivity index (χ3n) is 5.60. The van der Waals surface area contributed by atoms with Crippen LogP contribution in [0.15, 0.2) is 29.5 Å². The number of aromatic nitrogens is 1. The van der Waals surface area contributed by atoms with Crippen LogP contribution in [0.4, 0.5) is 0 Å². The summed E-state index contributed by atoms with van der Waals surface area (Å²) in [5.41, 5.74) is 0.331. The lowest BCUT2D eigenvalue weighted by atomic mass is 9.80. The molecule has 0 radical (unpaired) electrons. The van der Waals surface area contributed by atoms with Crippen molar-refractivity contribution in [2.24, 2.45) is 4.99 Å². The Labute approximate surface area is 156 Å². The van der Waals surface area contributed by atoms with E-state index in [-0.39, 0.29) is 0 Å². The zero-order valence-electron chi connectivity index (χ0n) is 15.5. The molecule has 0 atom stereocenters. The summed E-state index contributed by atoms with van der Waals surface area (Å²) in [5.74, 6) is 3.50. The van der Waals surface area contributed by atoms with E-state index in [1.165, 1.54) is 56.7 Å². The van der Waals surface area contributed by atoms with Crippen LogP contribution in [0.1, 0.15) is 32.1 Å². The van der Waals surface area contributed by atoms with Gasteiger partial charge in [-0.25, -0.2) is 0 Å². The van der Waals surface area contributed by atoms with E-state index in [9.17, 15) is 0 Å². The number of nitrogens with zero attached hydrogens (tertiary/aromatic N) is 3. The van der Waals surface area contributed by atoms with Crippen molar-refractivity contribution in [2.75, 3.05) is 44.7 Å². The zero-order valence-corrected chi connectivity index (χ0v) is 16.4. The molecule has 1 saturated heterocycles. The normalized spacial score (nSPS) is 21.9. The van der Waals surface area contributed by atoms with E-state index in [0.29, 0.717) is 5.54 Å². The van der Waals surface area contributed by atoms with E-state index >= 15 is 0 Å². The Morgan fingerprint density at radius 2 is 1.80 bits per heavy atom. The molecule has 1 aliphatic heterocycles. The van der Waals surface area contributed by atoms with Crippen molar-refractivity contribution in [2.45, 2.75) is 44.2 Å². The van der Waals surface area contributed by atoms with Gasteiger partial charge in [0.25, 0.3) is 0 Å². The molecule has 0 aromatic carbocycles. The van der Waals surface area contributed by atoms with Crippen molar-refractivity contribution in [3.63, 3.8) is 0 Å². The Hall–Kier alpha value is -1.14. The molecule has 0 unspecified atom stereocenters. The van der Waals surface area contributed by atoms with Gasteiger partial charge >= 0.3 is 0 Å². The summed E-state index contributed by atoms with van der Waals surface area (Å²) in [7, 11) is 1.87. The monoisotopic (exact) mass is 363 g/mol. The van der Waals surface area contributed by atoms with Gasteiger partial charge in [-0.05, 0) is 25.0 Å². The molecule has 140 valence electrons. The number of aliphatic imine (C=N–C) groups is 1. The van der Waals surface area contributed by atoms with Crippen molar-refractivity contribution < 1.29 is 0 Å². The van der Waals surface area contributed by atoms with Crippen LogP contribution in [-0.2, 0) is 6.54 Å². The summed E-state index contributed by atoms with van der Waals surface area (Å²) in [6, 6.07) is 4.13. The second kappa shape index (κ2) is 9.53.